The molecule has 0 bridgehead atoms. The summed E-state index contributed by atoms with van der Waals surface area (Å²) >= 11 is 0. The van der Waals surface area contributed by atoms with Gasteiger partial charge in [-0.15, -0.1) is 6.58 Å². The maximum Gasteiger partial charge on any atom is -0.0323 e. The molecule has 0 radical (unpaired) electrons. The van der Waals surface area contributed by atoms with Crippen molar-refractivity contribution in [1.82, 2.24) is 0 Å². The number of hydrogen-bond acceptors (Lipinski definition) is 0. The summed E-state index contributed by atoms with van der Waals surface area (Å²) in [6, 6.07) is 0. The van der Waals surface area contributed by atoms with Crippen molar-refractivity contribution < 1.29 is 0 Å². The molecule has 12 heavy (non-hydrogen) atoms. The maximum atomic E-state index is 3.99. The van der Waals surface area contributed by atoms with Crippen molar-refractivity contribution >= 4 is 0 Å². The lowest BCUT2D eigenvalue weighted by Crippen LogP contribution is -1.81. The number of allylic oxidation sites excluding steroid dienone is 2. The molecule has 0 aromatic carbocycles. The van der Waals surface area contributed by atoms with E-state index in [0.29, 0.717) is 0 Å². The summed E-state index contributed by atoms with van der Waals surface area (Å²) in [4.78, 5) is 0. The highest BCUT2D eigenvalue weighted by Crippen LogP contribution is 2.11. The fourth-order valence-electron chi connectivity index (χ4n) is 1.19. The molecule has 70 valence electrons. The van der Waals surface area contributed by atoms with Crippen molar-refractivity contribution in [3.05, 3.63) is 24.8 Å². The molecule has 0 nitrogen and oxygen atoms in total. The van der Waals surface area contributed by atoms with Crippen molar-refractivity contribution in [3.63, 3.8) is 0 Å². The van der Waals surface area contributed by atoms with Gasteiger partial charge in [-0.2, -0.15) is 0 Å². The van der Waals surface area contributed by atoms with E-state index in [0.717, 1.165) is 6.42 Å². The molecule has 0 atom stereocenters. The second kappa shape index (κ2) is 8.58. The highest BCUT2D eigenvalue weighted by Gasteiger charge is 1.91. The zero-order valence-electron chi connectivity index (χ0n) is 8.44. The summed E-state index contributed by atoms with van der Waals surface area (Å²) < 4.78 is 0. The van der Waals surface area contributed by atoms with E-state index in [1.165, 1.54) is 44.1 Å². The summed E-state index contributed by atoms with van der Waals surface area (Å²) in [6.07, 6.45) is 10.9. The molecule has 0 fully saturated rings. The third-order valence-corrected chi connectivity index (χ3v) is 2.19. The molecule has 0 spiro atoms. The number of rotatable bonds is 8. The van der Waals surface area contributed by atoms with Crippen LogP contribution in [0.2, 0.25) is 0 Å². The Balaban J connectivity index is 3.00. The van der Waals surface area contributed by atoms with E-state index in [4.69, 9.17) is 0 Å². The third kappa shape index (κ3) is 7.59. The predicted molar refractivity (Wildman–Crippen MR) is 57.3 cm³/mol. The zero-order valence-corrected chi connectivity index (χ0v) is 8.44. The van der Waals surface area contributed by atoms with E-state index in [2.05, 4.69) is 20.1 Å². The molecule has 0 amide bonds. The van der Waals surface area contributed by atoms with Crippen LogP contribution in [-0.4, -0.2) is 0 Å². The molecule has 0 aliphatic heterocycles. The second-order valence-electron chi connectivity index (χ2n) is 3.35. The Morgan fingerprint density at radius 1 is 1.17 bits per heavy atom. The average Bonchev–Trinajstić information content (AvgIpc) is 2.10. The van der Waals surface area contributed by atoms with E-state index in [-0.39, 0.29) is 0 Å². The van der Waals surface area contributed by atoms with Gasteiger partial charge in [0.05, 0.1) is 0 Å². The van der Waals surface area contributed by atoms with Crippen LogP contribution >= 0.6 is 0 Å². The molecule has 0 aliphatic carbocycles. The lowest BCUT2D eigenvalue weighted by atomic mass is 10.1. The SMILES string of the molecule is C=CCCCCCCC(=C)CC. The summed E-state index contributed by atoms with van der Waals surface area (Å²) in [5, 5.41) is 0. The molecule has 0 aromatic heterocycles. The lowest BCUT2D eigenvalue weighted by molar-refractivity contribution is 0.640. The van der Waals surface area contributed by atoms with Gasteiger partial charge >= 0.3 is 0 Å². The Morgan fingerprint density at radius 3 is 2.42 bits per heavy atom. The van der Waals surface area contributed by atoms with Crippen LogP contribution in [0.15, 0.2) is 24.8 Å². The van der Waals surface area contributed by atoms with Gasteiger partial charge in [0.2, 0.25) is 0 Å². The first-order valence-electron chi connectivity index (χ1n) is 5.08. The van der Waals surface area contributed by atoms with Crippen molar-refractivity contribution in [2.45, 2.75) is 51.9 Å². The van der Waals surface area contributed by atoms with Crippen LogP contribution in [0.4, 0.5) is 0 Å². The van der Waals surface area contributed by atoms with Crippen LogP contribution in [-0.2, 0) is 0 Å². The second-order valence-corrected chi connectivity index (χ2v) is 3.35. The van der Waals surface area contributed by atoms with Gasteiger partial charge in [0, 0.05) is 0 Å². The van der Waals surface area contributed by atoms with Gasteiger partial charge in [0.15, 0.2) is 0 Å². The number of hydrogen-bond donors (Lipinski definition) is 0. The molecule has 0 aliphatic rings. The topological polar surface area (TPSA) is 0 Å². The Labute approximate surface area is 77.4 Å². The van der Waals surface area contributed by atoms with Gasteiger partial charge in [-0.1, -0.05) is 38.0 Å². The standard InChI is InChI=1S/C12H22/c1-4-6-7-8-9-10-11-12(3)5-2/h4H,1,3,5-11H2,2H3. The van der Waals surface area contributed by atoms with Crippen molar-refractivity contribution in [2.24, 2.45) is 0 Å². The van der Waals surface area contributed by atoms with Crippen LogP contribution in [0.5, 0.6) is 0 Å². The van der Waals surface area contributed by atoms with Gasteiger partial charge in [-0.3, -0.25) is 0 Å². The first-order chi connectivity index (χ1) is 5.81. The highest BCUT2D eigenvalue weighted by atomic mass is 14.0. The first kappa shape index (κ1) is 11.5. The van der Waals surface area contributed by atoms with Gasteiger partial charge < -0.3 is 0 Å². The quantitative estimate of drug-likeness (QED) is 0.368. The van der Waals surface area contributed by atoms with E-state index in [1.54, 1.807) is 0 Å². The maximum absolute atomic E-state index is 3.99. The summed E-state index contributed by atoms with van der Waals surface area (Å²) in [5.41, 5.74) is 1.40. The van der Waals surface area contributed by atoms with Crippen molar-refractivity contribution in [3.8, 4) is 0 Å². The molecule has 0 rings (SSSR count). The Morgan fingerprint density at radius 2 is 1.83 bits per heavy atom. The van der Waals surface area contributed by atoms with Crippen LogP contribution in [0.25, 0.3) is 0 Å². The van der Waals surface area contributed by atoms with E-state index in [9.17, 15) is 0 Å². The van der Waals surface area contributed by atoms with Crippen LogP contribution in [0, 0.1) is 0 Å². The largest absolute Gasteiger partial charge is 0.103 e. The smallest absolute Gasteiger partial charge is 0.0323 e. The third-order valence-electron chi connectivity index (χ3n) is 2.19. The van der Waals surface area contributed by atoms with Crippen molar-refractivity contribution in [1.29, 1.82) is 0 Å². The van der Waals surface area contributed by atoms with Gasteiger partial charge in [0.25, 0.3) is 0 Å². The van der Waals surface area contributed by atoms with Crippen LogP contribution in [0.3, 0.4) is 0 Å². The summed E-state index contributed by atoms with van der Waals surface area (Å²) in [7, 11) is 0. The minimum Gasteiger partial charge on any atom is -0.103 e. The van der Waals surface area contributed by atoms with Crippen LogP contribution in [0.1, 0.15) is 51.9 Å². The predicted octanol–water partition coefficient (Wildman–Crippen LogP) is 4.48. The minimum atomic E-state index is 1.15. The molecule has 0 unspecified atom stereocenters. The first-order valence-corrected chi connectivity index (χ1v) is 5.08. The lowest BCUT2D eigenvalue weighted by Gasteiger charge is -2.01. The van der Waals surface area contributed by atoms with E-state index >= 15 is 0 Å². The molecule has 0 N–H and O–H groups in total. The molecular formula is C12H22. The van der Waals surface area contributed by atoms with Gasteiger partial charge in [-0.05, 0) is 32.1 Å². The van der Waals surface area contributed by atoms with Crippen molar-refractivity contribution in [2.75, 3.05) is 0 Å². The zero-order chi connectivity index (χ0) is 9.23. The Kier molecular flexibility index (Phi) is 8.20. The highest BCUT2D eigenvalue weighted by molar-refractivity contribution is 4.91. The number of unbranched alkanes of at least 4 members (excludes halogenated alkanes) is 4. The minimum absolute atomic E-state index is 1.15. The van der Waals surface area contributed by atoms with Crippen LogP contribution < -0.4 is 0 Å². The molecule has 0 saturated heterocycles. The van der Waals surface area contributed by atoms with Gasteiger partial charge in [0.1, 0.15) is 0 Å². The fourth-order valence-corrected chi connectivity index (χ4v) is 1.19. The summed E-state index contributed by atoms with van der Waals surface area (Å²) in [6.45, 7) is 9.88. The van der Waals surface area contributed by atoms with E-state index in [1.807, 2.05) is 6.08 Å². The molecule has 0 aromatic rings. The van der Waals surface area contributed by atoms with Gasteiger partial charge in [-0.25, -0.2) is 0 Å². The molecular weight excluding hydrogens is 144 g/mol. The Hall–Kier alpha value is -0.520. The molecule has 0 saturated carbocycles. The average molecular weight is 166 g/mol. The Bertz CT molecular complexity index is 122. The summed E-state index contributed by atoms with van der Waals surface area (Å²) in [5.74, 6) is 0. The fraction of sp³-hybridized carbons (Fsp3) is 0.667. The molecule has 0 heteroatoms. The molecule has 0 heterocycles. The normalized spacial score (nSPS) is 9.75. The van der Waals surface area contributed by atoms with E-state index < -0.39 is 0 Å². The monoisotopic (exact) mass is 166 g/mol.